The van der Waals surface area contributed by atoms with Crippen molar-refractivity contribution in [1.29, 1.82) is 0 Å². The molecule has 0 saturated heterocycles. The molecule has 0 N–H and O–H groups in total. The average molecular weight is 282 g/mol. The van der Waals surface area contributed by atoms with Crippen LogP contribution in [0.2, 0.25) is 19.6 Å². The SMILES string of the molecule is C[Si](C)(C)OC1(C=O)c2ccccc2-c2ccccc21. The summed E-state index contributed by atoms with van der Waals surface area (Å²) < 4.78 is 6.36. The van der Waals surface area contributed by atoms with Crippen molar-refractivity contribution >= 4 is 14.6 Å². The van der Waals surface area contributed by atoms with Gasteiger partial charge in [-0.05, 0) is 30.8 Å². The largest absolute Gasteiger partial charge is 0.398 e. The zero-order valence-electron chi connectivity index (χ0n) is 12.0. The van der Waals surface area contributed by atoms with E-state index in [-0.39, 0.29) is 0 Å². The average Bonchev–Trinajstić information content (AvgIpc) is 2.69. The van der Waals surface area contributed by atoms with Crippen molar-refractivity contribution in [3.05, 3.63) is 59.7 Å². The van der Waals surface area contributed by atoms with E-state index in [1.165, 1.54) is 0 Å². The highest BCUT2D eigenvalue weighted by Crippen LogP contribution is 2.49. The Morgan fingerprint density at radius 1 is 0.900 bits per heavy atom. The molecule has 0 radical (unpaired) electrons. The fraction of sp³-hybridized carbons (Fsp3) is 0.235. The molecule has 0 saturated carbocycles. The normalized spacial score (nSPS) is 15.6. The number of hydrogen-bond acceptors (Lipinski definition) is 2. The van der Waals surface area contributed by atoms with E-state index in [1.807, 2.05) is 36.4 Å². The van der Waals surface area contributed by atoms with E-state index >= 15 is 0 Å². The van der Waals surface area contributed by atoms with Crippen molar-refractivity contribution in [2.24, 2.45) is 0 Å². The summed E-state index contributed by atoms with van der Waals surface area (Å²) in [5.74, 6) is 0. The van der Waals surface area contributed by atoms with E-state index in [9.17, 15) is 4.79 Å². The monoisotopic (exact) mass is 282 g/mol. The molecule has 0 fully saturated rings. The predicted molar refractivity (Wildman–Crippen MR) is 83.2 cm³/mol. The molecule has 0 aromatic heterocycles. The van der Waals surface area contributed by atoms with Gasteiger partial charge in [-0.2, -0.15) is 0 Å². The molecule has 0 unspecified atom stereocenters. The van der Waals surface area contributed by atoms with E-state index in [2.05, 4.69) is 31.8 Å². The van der Waals surface area contributed by atoms with Gasteiger partial charge >= 0.3 is 0 Å². The maximum absolute atomic E-state index is 12.0. The number of carbonyl (C=O) groups excluding carboxylic acids is 1. The second-order valence-corrected chi connectivity index (χ2v) is 10.6. The van der Waals surface area contributed by atoms with Crippen LogP contribution in [0, 0.1) is 0 Å². The van der Waals surface area contributed by atoms with Crippen LogP contribution in [0.1, 0.15) is 11.1 Å². The van der Waals surface area contributed by atoms with Crippen molar-refractivity contribution < 1.29 is 9.22 Å². The van der Waals surface area contributed by atoms with Crippen LogP contribution in [0.5, 0.6) is 0 Å². The minimum absolute atomic E-state index is 0.933. The van der Waals surface area contributed by atoms with Gasteiger partial charge in [0.15, 0.2) is 20.2 Å². The molecule has 0 heterocycles. The van der Waals surface area contributed by atoms with Crippen LogP contribution in [0.4, 0.5) is 0 Å². The number of rotatable bonds is 3. The van der Waals surface area contributed by atoms with Crippen molar-refractivity contribution in [2.45, 2.75) is 25.2 Å². The number of carbonyl (C=O) groups is 1. The maximum atomic E-state index is 12.0. The number of aldehydes is 1. The maximum Gasteiger partial charge on any atom is 0.186 e. The highest BCUT2D eigenvalue weighted by Gasteiger charge is 2.46. The molecule has 1 aliphatic carbocycles. The van der Waals surface area contributed by atoms with Crippen molar-refractivity contribution in [1.82, 2.24) is 0 Å². The van der Waals surface area contributed by atoms with Crippen LogP contribution in [0.25, 0.3) is 11.1 Å². The molecule has 0 spiro atoms. The first-order valence-corrected chi connectivity index (χ1v) is 10.2. The van der Waals surface area contributed by atoms with Crippen LogP contribution in [0.3, 0.4) is 0 Å². The molecular formula is C17H18O2Si. The van der Waals surface area contributed by atoms with Gasteiger partial charge in [0.1, 0.15) is 0 Å². The second-order valence-electron chi connectivity index (χ2n) is 6.16. The molecule has 0 amide bonds. The Hall–Kier alpha value is -1.71. The molecular weight excluding hydrogens is 264 g/mol. The van der Waals surface area contributed by atoms with Crippen LogP contribution >= 0.6 is 0 Å². The lowest BCUT2D eigenvalue weighted by atomic mass is 9.93. The topological polar surface area (TPSA) is 26.3 Å². The summed E-state index contributed by atoms with van der Waals surface area (Å²) in [6.45, 7) is 6.34. The summed E-state index contributed by atoms with van der Waals surface area (Å²) in [4.78, 5) is 12.0. The molecule has 2 nitrogen and oxygen atoms in total. The van der Waals surface area contributed by atoms with Gasteiger partial charge in [0.2, 0.25) is 0 Å². The Morgan fingerprint density at radius 2 is 1.35 bits per heavy atom. The van der Waals surface area contributed by atoms with Gasteiger partial charge in [-0.1, -0.05) is 48.5 Å². The first-order valence-electron chi connectivity index (χ1n) is 6.84. The molecule has 2 aromatic rings. The first-order chi connectivity index (χ1) is 9.48. The third kappa shape index (κ3) is 1.86. The van der Waals surface area contributed by atoms with Gasteiger partial charge in [0, 0.05) is 11.1 Å². The van der Waals surface area contributed by atoms with Gasteiger partial charge < -0.3 is 4.43 Å². The van der Waals surface area contributed by atoms with E-state index in [4.69, 9.17) is 4.43 Å². The number of fused-ring (bicyclic) bond motifs is 3. The fourth-order valence-corrected chi connectivity index (χ4v) is 4.21. The zero-order chi connectivity index (χ0) is 14.4. The summed E-state index contributed by atoms with van der Waals surface area (Å²) in [6, 6.07) is 16.1. The molecule has 3 heteroatoms. The Bertz CT molecular complexity index is 625. The lowest BCUT2D eigenvalue weighted by molar-refractivity contribution is -0.119. The third-order valence-electron chi connectivity index (χ3n) is 3.58. The third-order valence-corrected chi connectivity index (χ3v) is 4.51. The smallest absolute Gasteiger partial charge is 0.186 e. The Morgan fingerprint density at radius 3 is 1.75 bits per heavy atom. The Kier molecular flexibility index (Phi) is 2.92. The summed E-state index contributed by atoms with van der Waals surface area (Å²) >= 11 is 0. The van der Waals surface area contributed by atoms with Crippen molar-refractivity contribution in [3.63, 3.8) is 0 Å². The summed E-state index contributed by atoms with van der Waals surface area (Å²) in [5, 5.41) is 0. The van der Waals surface area contributed by atoms with Crippen molar-refractivity contribution in [3.8, 4) is 11.1 Å². The molecule has 20 heavy (non-hydrogen) atoms. The van der Waals surface area contributed by atoms with Crippen molar-refractivity contribution in [2.75, 3.05) is 0 Å². The molecule has 0 atom stereocenters. The van der Waals surface area contributed by atoms with E-state index < -0.39 is 13.9 Å². The minimum atomic E-state index is -1.88. The minimum Gasteiger partial charge on any atom is -0.398 e. The van der Waals surface area contributed by atoms with Crippen LogP contribution in [-0.4, -0.2) is 14.6 Å². The quantitative estimate of drug-likeness (QED) is 0.629. The molecule has 2 aromatic carbocycles. The standard InChI is InChI=1S/C17H18O2Si/c1-20(2,3)19-17(12-18)15-10-6-4-8-13(15)14-9-5-7-11-16(14)17/h4-12H,1-3H3. The van der Waals surface area contributed by atoms with Crippen LogP contribution < -0.4 is 0 Å². The van der Waals surface area contributed by atoms with Gasteiger partial charge in [0.05, 0.1) is 0 Å². The van der Waals surface area contributed by atoms with Crippen LogP contribution in [-0.2, 0) is 14.8 Å². The lowest BCUT2D eigenvalue weighted by Crippen LogP contribution is -2.41. The van der Waals surface area contributed by atoms with Crippen LogP contribution in [0.15, 0.2) is 48.5 Å². The summed E-state index contributed by atoms with van der Waals surface area (Å²) in [7, 11) is -1.88. The lowest BCUT2D eigenvalue weighted by Gasteiger charge is -2.33. The molecule has 1 aliphatic rings. The zero-order valence-corrected chi connectivity index (χ0v) is 13.0. The molecule has 0 bridgehead atoms. The molecule has 102 valence electrons. The van der Waals surface area contributed by atoms with Gasteiger partial charge in [-0.3, -0.25) is 4.79 Å². The highest BCUT2D eigenvalue weighted by atomic mass is 28.4. The number of hydrogen-bond donors (Lipinski definition) is 0. The summed E-state index contributed by atoms with van der Waals surface area (Å²) in [5.41, 5.74) is 3.22. The van der Waals surface area contributed by atoms with Gasteiger partial charge in [0.25, 0.3) is 0 Å². The molecule has 3 rings (SSSR count). The fourth-order valence-electron chi connectivity index (χ4n) is 2.97. The first kappa shape index (κ1) is 13.3. The second kappa shape index (κ2) is 4.40. The highest BCUT2D eigenvalue weighted by molar-refractivity contribution is 6.70. The van der Waals surface area contributed by atoms with E-state index in [1.54, 1.807) is 0 Å². The molecule has 0 aliphatic heterocycles. The predicted octanol–water partition coefficient (Wildman–Crippen LogP) is 3.96. The Balaban J connectivity index is 2.32. The van der Waals surface area contributed by atoms with E-state index in [0.29, 0.717) is 0 Å². The summed E-state index contributed by atoms with van der Waals surface area (Å²) in [6.07, 6.45) is 0.968. The van der Waals surface area contributed by atoms with Gasteiger partial charge in [-0.25, -0.2) is 0 Å². The van der Waals surface area contributed by atoms with E-state index in [0.717, 1.165) is 28.5 Å². The number of benzene rings is 2. The Labute approximate surface area is 120 Å². The van der Waals surface area contributed by atoms with Gasteiger partial charge in [-0.15, -0.1) is 0 Å².